The fourth-order valence-corrected chi connectivity index (χ4v) is 1.97. The lowest BCUT2D eigenvalue weighted by atomic mass is 9.99. The van der Waals surface area contributed by atoms with Gasteiger partial charge in [-0.1, -0.05) is 6.92 Å². The number of amides is 1. The maximum Gasteiger partial charge on any atom is 0.308 e. The first-order chi connectivity index (χ1) is 7.41. The monoisotopic (exact) mass is 228 g/mol. The molecule has 1 heterocycles. The van der Waals surface area contributed by atoms with Crippen LogP contribution in [-0.2, 0) is 9.59 Å². The molecule has 1 N–H and O–H groups in total. The lowest BCUT2D eigenvalue weighted by Gasteiger charge is -2.17. The van der Waals surface area contributed by atoms with Crippen molar-refractivity contribution < 1.29 is 14.7 Å². The Morgan fingerprint density at radius 1 is 1.38 bits per heavy atom. The molecule has 0 spiro atoms. The molecule has 0 aliphatic carbocycles. The normalized spacial score (nSPS) is 25.1. The summed E-state index contributed by atoms with van der Waals surface area (Å²) in [7, 11) is 3.83. The molecule has 0 aromatic heterocycles. The maximum atomic E-state index is 11.8. The molecule has 2 unspecified atom stereocenters. The fraction of sp³-hybridized carbons (Fsp3) is 0.818. The molecule has 92 valence electrons. The van der Waals surface area contributed by atoms with Crippen molar-refractivity contribution in [1.29, 1.82) is 0 Å². The summed E-state index contributed by atoms with van der Waals surface area (Å²) >= 11 is 0. The van der Waals surface area contributed by atoms with Gasteiger partial charge in [0, 0.05) is 26.1 Å². The van der Waals surface area contributed by atoms with Crippen LogP contribution in [0.25, 0.3) is 0 Å². The van der Waals surface area contributed by atoms with Crippen molar-refractivity contribution >= 4 is 11.9 Å². The number of carbonyl (C=O) groups is 2. The van der Waals surface area contributed by atoms with Crippen LogP contribution in [0, 0.1) is 11.8 Å². The van der Waals surface area contributed by atoms with E-state index < -0.39 is 11.9 Å². The van der Waals surface area contributed by atoms with E-state index in [1.807, 2.05) is 25.9 Å². The maximum absolute atomic E-state index is 11.8. The number of carbonyl (C=O) groups excluding carboxylic acids is 1. The van der Waals surface area contributed by atoms with Crippen molar-refractivity contribution in [3.05, 3.63) is 0 Å². The third kappa shape index (κ3) is 3.20. The number of carboxylic acid groups (broad SMARTS) is 1. The van der Waals surface area contributed by atoms with Gasteiger partial charge in [-0.2, -0.15) is 0 Å². The molecule has 5 heteroatoms. The first-order valence-corrected chi connectivity index (χ1v) is 5.57. The molecule has 0 aromatic carbocycles. The van der Waals surface area contributed by atoms with Crippen LogP contribution in [0.4, 0.5) is 0 Å². The van der Waals surface area contributed by atoms with Crippen molar-refractivity contribution in [2.45, 2.75) is 13.3 Å². The Morgan fingerprint density at radius 3 is 2.44 bits per heavy atom. The Kier molecular flexibility index (Phi) is 4.29. The highest BCUT2D eigenvalue weighted by Crippen LogP contribution is 2.23. The molecule has 1 fully saturated rings. The summed E-state index contributed by atoms with van der Waals surface area (Å²) in [6.45, 7) is 3.53. The molecule has 1 rings (SSSR count). The molecule has 16 heavy (non-hydrogen) atoms. The van der Waals surface area contributed by atoms with Crippen LogP contribution in [-0.4, -0.2) is 60.5 Å². The minimum atomic E-state index is -0.796. The van der Waals surface area contributed by atoms with Crippen molar-refractivity contribution in [3.8, 4) is 0 Å². The Balaban J connectivity index is 2.45. The number of rotatable bonds is 4. The summed E-state index contributed by atoms with van der Waals surface area (Å²) in [5, 5.41) is 8.96. The predicted molar refractivity (Wildman–Crippen MR) is 60.0 cm³/mol. The van der Waals surface area contributed by atoms with Gasteiger partial charge >= 0.3 is 5.97 Å². The van der Waals surface area contributed by atoms with Gasteiger partial charge in [-0.3, -0.25) is 9.59 Å². The number of hydrogen-bond donors (Lipinski definition) is 1. The van der Waals surface area contributed by atoms with Gasteiger partial charge in [0.25, 0.3) is 0 Å². The van der Waals surface area contributed by atoms with Crippen molar-refractivity contribution in [2.24, 2.45) is 11.8 Å². The topological polar surface area (TPSA) is 60.9 Å². The van der Waals surface area contributed by atoms with Gasteiger partial charge in [0.05, 0.1) is 5.92 Å². The molecule has 1 saturated heterocycles. The Hall–Kier alpha value is -1.10. The van der Waals surface area contributed by atoms with Crippen molar-refractivity contribution in [2.75, 3.05) is 33.7 Å². The average molecular weight is 228 g/mol. The number of nitrogens with zero attached hydrogens (tertiary/aromatic N) is 2. The largest absolute Gasteiger partial charge is 0.481 e. The van der Waals surface area contributed by atoms with Crippen LogP contribution in [0.3, 0.4) is 0 Å². The van der Waals surface area contributed by atoms with Gasteiger partial charge < -0.3 is 14.9 Å². The van der Waals surface area contributed by atoms with E-state index >= 15 is 0 Å². The van der Waals surface area contributed by atoms with Gasteiger partial charge in [-0.25, -0.2) is 0 Å². The third-order valence-corrected chi connectivity index (χ3v) is 3.06. The summed E-state index contributed by atoms with van der Waals surface area (Å²) in [5.41, 5.74) is 0. The number of likely N-dealkylation sites (tertiary alicyclic amines) is 1. The molecule has 1 aliphatic rings. The van der Waals surface area contributed by atoms with Crippen molar-refractivity contribution in [3.63, 3.8) is 0 Å². The van der Waals surface area contributed by atoms with Crippen LogP contribution < -0.4 is 0 Å². The van der Waals surface area contributed by atoms with E-state index in [9.17, 15) is 9.59 Å². The molecule has 5 nitrogen and oxygen atoms in total. The highest BCUT2D eigenvalue weighted by Gasteiger charge is 2.36. The SMILES string of the molecule is CC1CN(C(=O)CCN(C)C)CC1C(=O)O. The predicted octanol–water partition coefficient (Wildman–Crippen LogP) is 0.117. The average Bonchev–Trinajstić information content (AvgIpc) is 2.56. The van der Waals surface area contributed by atoms with E-state index in [-0.39, 0.29) is 11.8 Å². The smallest absolute Gasteiger partial charge is 0.308 e. The lowest BCUT2D eigenvalue weighted by Crippen LogP contribution is -2.32. The van der Waals surface area contributed by atoms with Gasteiger partial charge in [-0.05, 0) is 20.0 Å². The second-order valence-electron chi connectivity index (χ2n) is 4.77. The molecule has 0 bridgehead atoms. The zero-order valence-corrected chi connectivity index (χ0v) is 10.1. The number of carboxylic acids is 1. The van der Waals surface area contributed by atoms with Gasteiger partial charge in [0.15, 0.2) is 0 Å². The fourth-order valence-electron chi connectivity index (χ4n) is 1.97. The molecule has 0 aromatic rings. The Labute approximate surface area is 96.0 Å². The second-order valence-corrected chi connectivity index (χ2v) is 4.77. The van der Waals surface area contributed by atoms with E-state index in [1.54, 1.807) is 4.90 Å². The molecular formula is C11H20N2O3. The standard InChI is InChI=1S/C11H20N2O3/c1-8-6-13(7-9(8)11(15)16)10(14)4-5-12(2)3/h8-9H,4-7H2,1-3H3,(H,15,16). The second kappa shape index (κ2) is 5.30. The minimum Gasteiger partial charge on any atom is -0.481 e. The minimum absolute atomic E-state index is 0.0563. The molecular weight excluding hydrogens is 208 g/mol. The van der Waals surface area contributed by atoms with E-state index in [4.69, 9.17) is 5.11 Å². The van der Waals surface area contributed by atoms with Crippen LogP contribution in [0.1, 0.15) is 13.3 Å². The summed E-state index contributed by atoms with van der Waals surface area (Å²) in [6, 6.07) is 0. The highest BCUT2D eigenvalue weighted by molar-refractivity contribution is 5.79. The Morgan fingerprint density at radius 2 is 2.00 bits per heavy atom. The van der Waals surface area contributed by atoms with E-state index in [1.165, 1.54) is 0 Å². The van der Waals surface area contributed by atoms with Gasteiger partial charge in [-0.15, -0.1) is 0 Å². The van der Waals surface area contributed by atoms with E-state index in [2.05, 4.69) is 0 Å². The van der Waals surface area contributed by atoms with Gasteiger partial charge in [0.2, 0.25) is 5.91 Å². The molecule has 0 saturated carbocycles. The summed E-state index contributed by atoms with van der Waals surface area (Å²) in [6.07, 6.45) is 0.464. The van der Waals surface area contributed by atoms with E-state index in [0.717, 1.165) is 0 Å². The molecule has 1 amide bonds. The van der Waals surface area contributed by atoms with E-state index in [0.29, 0.717) is 26.1 Å². The summed E-state index contributed by atoms with van der Waals surface area (Å²) < 4.78 is 0. The molecule has 2 atom stereocenters. The quantitative estimate of drug-likeness (QED) is 0.742. The van der Waals surface area contributed by atoms with Crippen LogP contribution >= 0.6 is 0 Å². The summed E-state index contributed by atoms with van der Waals surface area (Å²) in [4.78, 5) is 26.3. The molecule has 1 aliphatic heterocycles. The number of hydrogen-bond acceptors (Lipinski definition) is 3. The van der Waals surface area contributed by atoms with Gasteiger partial charge in [0.1, 0.15) is 0 Å². The van der Waals surface area contributed by atoms with Crippen LogP contribution in [0.2, 0.25) is 0 Å². The lowest BCUT2D eigenvalue weighted by molar-refractivity contribution is -0.142. The van der Waals surface area contributed by atoms with Crippen molar-refractivity contribution in [1.82, 2.24) is 9.80 Å². The molecule has 0 radical (unpaired) electrons. The Bertz CT molecular complexity index is 278. The first-order valence-electron chi connectivity index (χ1n) is 5.57. The van der Waals surface area contributed by atoms with Crippen LogP contribution in [0.15, 0.2) is 0 Å². The zero-order valence-electron chi connectivity index (χ0n) is 10.1. The zero-order chi connectivity index (χ0) is 12.3. The first kappa shape index (κ1) is 13.0. The highest BCUT2D eigenvalue weighted by atomic mass is 16.4. The third-order valence-electron chi connectivity index (χ3n) is 3.06. The number of aliphatic carboxylic acids is 1. The van der Waals surface area contributed by atoms with Crippen LogP contribution in [0.5, 0.6) is 0 Å². The summed E-state index contributed by atoms with van der Waals surface area (Å²) in [5.74, 6) is -1.08.